The first-order valence-electron chi connectivity index (χ1n) is 9.02. The van der Waals surface area contributed by atoms with Crippen LogP contribution in [0.5, 0.6) is 0 Å². The van der Waals surface area contributed by atoms with E-state index in [4.69, 9.17) is 0 Å². The Kier molecular flexibility index (Phi) is 6.70. The third-order valence-electron chi connectivity index (χ3n) is 5.90. The van der Waals surface area contributed by atoms with Crippen LogP contribution in [0.3, 0.4) is 0 Å². The summed E-state index contributed by atoms with van der Waals surface area (Å²) in [5, 5.41) is 3.73. The number of hydrogen-bond donors (Lipinski definition) is 1. The Bertz CT molecular complexity index is 228. The third kappa shape index (κ3) is 4.48. The maximum absolute atomic E-state index is 3.73. The van der Waals surface area contributed by atoms with Crippen molar-refractivity contribution in [3.8, 4) is 0 Å². The molecule has 2 aliphatic rings. The van der Waals surface area contributed by atoms with Gasteiger partial charge in [0.25, 0.3) is 0 Å². The SMILES string of the molecule is CCC1CCCC(C(NC)C2CCCCCCC2)C1. The van der Waals surface area contributed by atoms with Crippen LogP contribution in [0.25, 0.3) is 0 Å². The van der Waals surface area contributed by atoms with E-state index in [1.807, 2.05) is 0 Å². The van der Waals surface area contributed by atoms with Gasteiger partial charge in [-0.15, -0.1) is 0 Å². The summed E-state index contributed by atoms with van der Waals surface area (Å²) < 4.78 is 0. The number of nitrogens with one attached hydrogen (secondary N) is 1. The van der Waals surface area contributed by atoms with Crippen LogP contribution in [0.2, 0.25) is 0 Å². The Morgan fingerprint density at radius 1 is 0.842 bits per heavy atom. The van der Waals surface area contributed by atoms with E-state index in [1.165, 1.54) is 77.0 Å². The number of hydrogen-bond acceptors (Lipinski definition) is 1. The van der Waals surface area contributed by atoms with Gasteiger partial charge in [0, 0.05) is 6.04 Å². The zero-order chi connectivity index (χ0) is 13.5. The minimum atomic E-state index is 0.812. The van der Waals surface area contributed by atoms with Crippen LogP contribution >= 0.6 is 0 Å². The molecule has 1 nitrogen and oxygen atoms in total. The van der Waals surface area contributed by atoms with Crippen molar-refractivity contribution in [3.05, 3.63) is 0 Å². The Hall–Kier alpha value is -0.0400. The first-order valence-corrected chi connectivity index (χ1v) is 9.02. The molecule has 0 amide bonds. The molecule has 2 rings (SSSR count). The largest absolute Gasteiger partial charge is 0.316 e. The van der Waals surface area contributed by atoms with Crippen molar-refractivity contribution in [1.29, 1.82) is 0 Å². The summed E-state index contributed by atoms with van der Waals surface area (Å²) in [6, 6.07) is 0.812. The van der Waals surface area contributed by atoms with Gasteiger partial charge in [-0.05, 0) is 50.5 Å². The monoisotopic (exact) mass is 265 g/mol. The lowest BCUT2D eigenvalue weighted by molar-refractivity contribution is 0.157. The molecule has 0 aromatic heterocycles. The van der Waals surface area contributed by atoms with Crippen LogP contribution in [0.4, 0.5) is 0 Å². The first kappa shape index (κ1) is 15.4. The molecule has 19 heavy (non-hydrogen) atoms. The minimum absolute atomic E-state index is 0.812. The first-order chi connectivity index (χ1) is 9.35. The molecule has 3 unspecified atom stereocenters. The Labute approximate surface area is 120 Å². The van der Waals surface area contributed by atoms with Crippen molar-refractivity contribution in [1.82, 2.24) is 5.32 Å². The van der Waals surface area contributed by atoms with E-state index in [9.17, 15) is 0 Å². The molecule has 0 aromatic rings. The van der Waals surface area contributed by atoms with Crippen LogP contribution in [0.15, 0.2) is 0 Å². The molecule has 0 spiro atoms. The second-order valence-corrected chi connectivity index (χ2v) is 7.12. The molecule has 1 N–H and O–H groups in total. The van der Waals surface area contributed by atoms with E-state index in [0.29, 0.717) is 0 Å². The van der Waals surface area contributed by atoms with Crippen LogP contribution in [-0.4, -0.2) is 13.1 Å². The van der Waals surface area contributed by atoms with E-state index in [-0.39, 0.29) is 0 Å². The number of rotatable bonds is 4. The minimum Gasteiger partial charge on any atom is -0.316 e. The normalized spacial score (nSPS) is 32.5. The van der Waals surface area contributed by atoms with E-state index < -0.39 is 0 Å². The zero-order valence-corrected chi connectivity index (χ0v) is 13.3. The summed E-state index contributed by atoms with van der Waals surface area (Å²) in [5.74, 6) is 2.95. The molecule has 2 aliphatic carbocycles. The molecule has 0 bridgehead atoms. The summed E-state index contributed by atoms with van der Waals surface area (Å²) in [5.41, 5.74) is 0. The van der Waals surface area contributed by atoms with Gasteiger partial charge in [0.15, 0.2) is 0 Å². The van der Waals surface area contributed by atoms with Gasteiger partial charge in [0.2, 0.25) is 0 Å². The second-order valence-electron chi connectivity index (χ2n) is 7.12. The van der Waals surface area contributed by atoms with Gasteiger partial charge < -0.3 is 5.32 Å². The Morgan fingerprint density at radius 2 is 1.47 bits per heavy atom. The highest BCUT2D eigenvalue weighted by Gasteiger charge is 2.31. The van der Waals surface area contributed by atoms with Crippen molar-refractivity contribution in [2.24, 2.45) is 17.8 Å². The van der Waals surface area contributed by atoms with Gasteiger partial charge in [-0.3, -0.25) is 0 Å². The highest BCUT2D eigenvalue weighted by atomic mass is 14.9. The molecule has 0 saturated heterocycles. The maximum Gasteiger partial charge on any atom is 0.0121 e. The van der Waals surface area contributed by atoms with E-state index in [1.54, 1.807) is 0 Å². The standard InChI is InChI=1S/C18H35N/c1-3-15-10-9-13-17(14-15)18(19-2)16-11-7-5-4-6-8-12-16/h15-19H,3-14H2,1-2H3. The second kappa shape index (κ2) is 8.29. The molecule has 3 atom stereocenters. The molecule has 0 radical (unpaired) electrons. The van der Waals surface area contributed by atoms with Crippen molar-refractivity contribution < 1.29 is 0 Å². The summed E-state index contributed by atoms with van der Waals surface area (Å²) in [4.78, 5) is 0. The lowest BCUT2D eigenvalue weighted by Crippen LogP contribution is -2.42. The van der Waals surface area contributed by atoms with Crippen LogP contribution < -0.4 is 5.32 Å². The van der Waals surface area contributed by atoms with Gasteiger partial charge in [-0.25, -0.2) is 0 Å². The van der Waals surface area contributed by atoms with Gasteiger partial charge in [-0.2, -0.15) is 0 Å². The molecular weight excluding hydrogens is 230 g/mol. The molecule has 0 aliphatic heterocycles. The van der Waals surface area contributed by atoms with Gasteiger partial charge >= 0.3 is 0 Å². The molecule has 112 valence electrons. The van der Waals surface area contributed by atoms with Crippen molar-refractivity contribution in [2.75, 3.05) is 7.05 Å². The molecule has 2 fully saturated rings. The summed E-state index contributed by atoms with van der Waals surface area (Å²) in [6.45, 7) is 2.39. The van der Waals surface area contributed by atoms with Gasteiger partial charge in [0.05, 0.1) is 0 Å². The van der Waals surface area contributed by atoms with Crippen molar-refractivity contribution in [2.45, 2.75) is 90.0 Å². The van der Waals surface area contributed by atoms with Crippen molar-refractivity contribution >= 4 is 0 Å². The summed E-state index contributed by atoms with van der Waals surface area (Å²) in [6.07, 6.45) is 17.7. The lowest BCUT2D eigenvalue weighted by atomic mass is 9.71. The van der Waals surface area contributed by atoms with Crippen molar-refractivity contribution in [3.63, 3.8) is 0 Å². The average molecular weight is 265 g/mol. The topological polar surface area (TPSA) is 12.0 Å². The molecule has 1 heteroatoms. The average Bonchev–Trinajstić information content (AvgIpc) is 2.42. The predicted molar refractivity (Wildman–Crippen MR) is 84.4 cm³/mol. The van der Waals surface area contributed by atoms with Crippen LogP contribution in [0, 0.1) is 17.8 Å². The summed E-state index contributed by atoms with van der Waals surface area (Å²) >= 11 is 0. The fraction of sp³-hybridized carbons (Fsp3) is 1.00. The zero-order valence-electron chi connectivity index (χ0n) is 13.3. The van der Waals surface area contributed by atoms with E-state index in [2.05, 4.69) is 19.3 Å². The molecule has 2 saturated carbocycles. The molecule has 0 heterocycles. The summed E-state index contributed by atoms with van der Waals surface area (Å²) in [7, 11) is 2.22. The third-order valence-corrected chi connectivity index (χ3v) is 5.90. The van der Waals surface area contributed by atoms with Crippen LogP contribution in [-0.2, 0) is 0 Å². The van der Waals surface area contributed by atoms with Crippen LogP contribution in [0.1, 0.15) is 84.0 Å². The Balaban J connectivity index is 1.92. The quantitative estimate of drug-likeness (QED) is 0.741. The predicted octanol–water partition coefficient (Wildman–Crippen LogP) is 5.15. The van der Waals surface area contributed by atoms with Gasteiger partial charge in [0.1, 0.15) is 0 Å². The fourth-order valence-electron chi connectivity index (χ4n) is 4.73. The van der Waals surface area contributed by atoms with E-state index in [0.717, 1.165) is 23.8 Å². The lowest BCUT2D eigenvalue weighted by Gasteiger charge is -2.39. The van der Waals surface area contributed by atoms with Gasteiger partial charge in [-0.1, -0.05) is 58.3 Å². The molecular formula is C18H35N. The highest BCUT2D eigenvalue weighted by molar-refractivity contribution is 4.86. The highest BCUT2D eigenvalue weighted by Crippen LogP contribution is 2.37. The fourth-order valence-corrected chi connectivity index (χ4v) is 4.73. The maximum atomic E-state index is 3.73. The molecule has 0 aromatic carbocycles. The smallest absolute Gasteiger partial charge is 0.0121 e. The van der Waals surface area contributed by atoms with E-state index >= 15 is 0 Å². The Morgan fingerprint density at radius 3 is 2.11 bits per heavy atom.